The maximum Gasteiger partial charge on any atom is 0.185 e. The lowest BCUT2D eigenvalue weighted by Gasteiger charge is -2.15. The van der Waals surface area contributed by atoms with Gasteiger partial charge in [-0.1, -0.05) is 12.2 Å². The van der Waals surface area contributed by atoms with Gasteiger partial charge in [-0.2, -0.15) is 0 Å². The zero-order chi connectivity index (χ0) is 19.8. The molecule has 0 atom stereocenters. The van der Waals surface area contributed by atoms with Crippen molar-refractivity contribution in [1.82, 2.24) is 0 Å². The Balaban J connectivity index is 2.45. The van der Waals surface area contributed by atoms with Gasteiger partial charge in [0.1, 0.15) is 11.5 Å². The minimum Gasteiger partial charge on any atom is -0.507 e. The van der Waals surface area contributed by atoms with Crippen molar-refractivity contribution in [2.45, 2.75) is 12.8 Å². The summed E-state index contributed by atoms with van der Waals surface area (Å²) < 4.78 is 5.51. The molecule has 2 aromatic carbocycles. The number of hydrogen-bond donors (Lipinski definition) is 2. The third kappa shape index (κ3) is 4.67. The molecule has 2 rings (SSSR count). The molecular weight excluding hydrogens is 338 g/mol. The monoisotopic (exact) mass is 363 g/mol. The topological polar surface area (TPSA) is 58.6 Å². The van der Waals surface area contributed by atoms with Gasteiger partial charge in [-0.3, -0.25) is 4.79 Å². The van der Waals surface area contributed by atoms with E-state index in [1.54, 1.807) is 37.5 Å². The van der Waals surface area contributed by atoms with Gasteiger partial charge in [0.05, 0.1) is 12.7 Å². The van der Waals surface area contributed by atoms with E-state index in [4.69, 9.17) is 4.74 Å². The number of carbonyl (C=O) groups excluding carboxylic acids is 1. The van der Waals surface area contributed by atoms with E-state index in [0.29, 0.717) is 29.7 Å². The lowest BCUT2D eigenvalue weighted by atomic mass is 9.97. The highest BCUT2D eigenvalue weighted by atomic mass is 16.5. The number of aromatic hydroxyl groups is 1. The molecule has 0 radical (unpaired) electrons. The molecule has 0 amide bonds. The first kappa shape index (κ1) is 20.0. The fourth-order valence-electron chi connectivity index (χ4n) is 2.87. The van der Waals surface area contributed by atoms with Crippen LogP contribution in [0, 0.1) is 0 Å². The van der Waals surface area contributed by atoms with Gasteiger partial charge in [0.15, 0.2) is 5.78 Å². The highest BCUT2D eigenvalue weighted by molar-refractivity contribution is 6.07. The molecule has 0 fully saturated rings. The van der Waals surface area contributed by atoms with Crippen LogP contribution in [0.1, 0.15) is 27.0 Å². The Labute approximate surface area is 160 Å². The van der Waals surface area contributed by atoms with Crippen molar-refractivity contribution in [3.05, 3.63) is 84.0 Å². The summed E-state index contributed by atoms with van der Waals surface area (Å²) >= 11 is 0. The molecule has 0 saturated heterocycles. The van der Waals surface area contributed by atoms with Crippen molar-refractivity contribution in [2.24, 2.45) is 0 Å². The van der Waals surface area contributed by atoms with Crippen LogP contribution in [0.2, 0.25) is 0 Å². The summed E-state index contributed by atoms with van der Waals surface area (Å²) in [5.74, 6) is 0.474. The second-order valence-electron chi connectivity index (χ2n) is 6.00. The Bertz CT molecular complexity index is 864. The number of hydrogen-bond acceptors (Lipinski definition) is 4. The Morgan fingerprint density at radius 1 is 1.15 bits per heavy atom. The Hall–Kier alpha value is -3.27. The smallest absolute Gasteiger partial charge is 0.185 e. The summed E-state index contributed by atoms with van der Waals surface area (Å²) in [5.41, 5.74) is 3.60. The summed E-state index contributed by atoms with van der Waals surface area (Å²) in [6, 6.07) is 9.07. The lowest BCUT2D eigenvalue weighted by molar-refractivity contribution is 0.104. The lowest BCUT2D eigenvalue weighted by Crippen LogP contribution is -1.99. The minimum atomic E-state index is -0.154. The summed E-state index contributed by atoms with van der Waals surface area (Å²) in [6.07, 6.45) is 7.65. The molecule has 4 heteroatoms. The first-order chi connectivity index (χ1) is 13.0. The molecule has 0 aliphatic heterocycles. The number of phenols is 1. The summed E-state index contributed by atoms with van der Waals surface area (Å²) in [6.45, 7) is 7.50. The average molecular weight is 363 g/mol. The van der Waals surface area contributed by atoms with Gasteiger partial charge < -0.3 is 15.2 Å². The van der Waals surface area contributed by atoms with Crippen LogP contribution in [0.5, 0.6) is 11.5 Å². The Morgan fingerprint density at radius 2 is 1.78 bits per heavy atom. The number of phenolic OH excluding ortho intramolecular Hbond substituents is 1. The number of carbonyl (C=O) groups is 1. The van der Waals surface area contributed by atoms with Crippen LogP contribution in [-0.4, -0.2) is 25.0 Å². The van der Waals surface area contributed by atoms with Crippen molar-refractivity contribution in [1.29, 1.82) is 0 Å². The molecule has 0 heterocycles. The van der Waals surface area contributed by atoms with Crippen molar-refractivity contribution >= 4 is 17.5 Å². The van der Waals surface area contributed by atoms with Gasteiger partial charge in [-0.15, -0.1) is 13.2 Å². The molecule has 2 N–H and O–H groups in total. The van der Waals surface area contributed by atoms with E-state index in [0.717, 1.165) is 16.8 Å². The SMILES string of the molecule is C=CCc1cc(CC=C)c(OC)c(/C=C/C(=O)c2ccc(NC)cc2)c1O. The summed E-state index contributed by atoms with van der Waals surface area (Å²) in [7, 11) is 3.37. The molecule has 0 aromatic heterocycles. The largest absolute Gasteiger partial charge is 0.507 e. The molecule has 2 aromatic rings. The van der Waals surface area contributed by atoms with Gasteiger partial charge in [0.25, 0.3) is 0 Å². The molecule has 4 nitrogen and oxygen atoms in total. The molecule has 0 aliphatic carbocycles. The van der Waals surface area contributed by atoms with Gasteiger partial charge in [-0.25, -0.2) is 0 Å². The first-order valence-corrected chi connectivity index (χ1v) is 8.69. The summed E-state index contributed by atoms with van der Waals surface area (Å²) in [4.78, 5) is 12.5. The minimum absolute atomic E-state index is 0.0918. The number of anilines is 1. The Kier molecular flexibility index (Phi) is 7.00. The third-order valence-electron chi connectivity index (χ3n) is 4.24. The Morgan fingerprint density at radius 3 is 2.33 bits per heavy atom. The van der Waals surface area contributed by atoms with Crippen LogP contribution in [0.3, 0.4) is 0 Å². The van der Waals surface area contributed by atoms with E-state index in [2.05, 4.69) is 18.5 Å². The zero-order valence-electron chi connectivity index (χ0n) is 15.8. The second kappa shape index (κ2) is 9.43. The quantitative estimate of drug-likeness (QED) is 0.382. The molecule has 140 valence electrons. The highest BCUT2D eigenvalue weighted by Crippen LogP contribution is 2.37. The molecule has 0 saturated carbocycles. The number of allylic oxidation sites excluding steroid dienone is 3. The van der Waals surface area contributed by atoms with Gasteiger partial charge in [0, 0.05) is 18.3 Å². The highest BCUT2D eigenvalue weighted by Gasteiger charge is 2.16. The van der Waals surface area contributed by atoms with E-state index in [1.807, 2.05) is 25.2 Å². The molecule has 0 spiro atoms. The standard InChI is InChI=1S/C23H25NO3/c1-5-7-17-15-18(8-6-2)23(27-4)20(22(17)26)13-14-21(25)16-9-11-19(24-3)12-10-16/h5-6,9-15,24,26H,1-2,7-8H2,3-4H3/b14-13+. The van der Waals surface area contributed by atoms with Crippen LogP contribution >= 0.6 is 0 Å². The van der Waals surface area contributed by atoms with E-state index < -0.39 is 0 Å². The zero-order valence-corrected chi connectivity index (χ0v) is 15.8. The molecular formula is C23H25NO3. The fraction of sp³-hybridized carbons (Fsp3) is 0.174. The maximum absolute atomic E-state index is 12.5. The van der Waals surface area contributed by atoms with Crippen LogP contribution in [-0.2, 0) is 12.8 Å². The fourth-order valence-corrected chi connectivity index (χ4v) is 2.87. The van der Waals surface area contributed by atoms with Crippen molar-refractivity contribution < 1.29 is 14.6 Å². The van der Waals surface area contributed by atoms with Crippen LogP contribution in [0.15, 0.2) is 61.7 Å². The molecule has 0 bridgehead atoms. The van der Waals surface area contributed by atoms with Crippen LogP contribution in [0.4, 0.5) is 5.69 Å². The first-order valence-electron chi connectivity index (χ1n) is 8.69. The predicted octanol–water partition coefficient (Wildman–Crippen LogP) is 4.80. The van der Waals surface area contributed by atoms with E-state index in [-0.39, 0.29) is 11.5 Å². The molecule has 0 aliphatic rings. The van der Waals surface area contributed by atoms with Crippen molar-refractivity contribution in [3.8, 4) is 11.5 Å². The number of nitrogens with one attached hydrogen (secondary N) is 1. The number of ether oxygens (including phenoxy) is 1. The van der Waals surface area contributed by atoms with Crippen molar-refractivity contribution in [2.75, 3.05) is 19.5 Å². The van der Waals surface area contributed by atoms with Crippen LogP contribution in [0.25, 0.3) is 6.08 Å². The number of ketones is 1. The van der Waals surface area contributed by atoms with E-state index >= 15 is 0 Å². The average Bonchev–Trinajstić information content (AvgIpc) is 2.69. The third-order valence-corrected chi connectivity index (χ3v) is 4.24. The number of rotatable bonds is 9. The van der Waals surface area contributed by atoms with Crippen LogP contribution < -0.4 is 10.1 Å². The molecule has 27 heavy (non-hydrogen) atoms. The van der Waals surface area contributed by atoms with E-state index in [1.165, 1.54) is 6.08 Å². The van der Waals surface area contributed by atoms with Gasteiger partial charge in [-0.05, 0) is 66.5 Å². The van der Waals surface area contributed by atoms with Gasteiger partial charge in [0.2, 0.25) is 0 Å². The summed E-state index contributed by atoms with van der Waals surface area (Å²) in [5, 5.41) is 13.7. The number of methoxy groups -OCH3 is 1. The second-order valence-corrected chi connectivity index (χ2v) is 6.00. The molecule has 0 unspecified atom stereocenters. The van der Waals surface area contributed by atoms with Crippen molar-refractivity contribution in [3.63, 3.8) is 0 Å². The maximum atomic E-state index is 12.5. The predicted molar refractivity (Wildman–Crippen MR) is 112 cm³/mol. The van der Waals surface area contributed by atoms with Gasteiger partial charge >= 0.3 is 0 Å². The normalized spacial score (nSPS) is 10.6. The number of benzene rings is 2. The van der Waals surface area contributed by atoms with E-state index in [9.17, 15) is 9.90 Å².